The maximum Gasteiger partial charge on any atom is 0.490 e. The predicted molar refractivity (Wildman–Crippen MR) is 124 cm³/mol. The molecule has 1 aromatic carbocycles. The second-order valence-electron chi connectivity index (χ2n) is 8.35. The van der Waals surface area contributed by atoms with Gasteiger partial charge in [0.2, 0.25) is 11.8 Å². The number of aromatic nitrogens is 2. The third kappa shape index (κ3) is 8.62. The van der Waals surface area contributed by atoms with Crippen LogP contribution < -0.4 is 10.5 Å². The van der Waals surface area contributed by atoms with Gasteiger partial charge in [0, 0.05) is 11.6 Å². The number of rotatable bonds is 7. The number of hydrogen-bond acceptors (Lipinski definition) is 6. The first-order valence-corrected chi connectivity index (χ1v) is 11.4. The van der Waals surface area contributed by atoms with Crippen molar-refractivity contribution in [2.24, 2.45) is 5.92 Å². The smallest absolute Gasteiger partial charge is 0.477 e. The summed E-state index contributed by atoms with van der Waals surface area (Å²) in [5.74, 6) is -0.366. The Kier molecular flexibility index (Phi) is 9.11. The molecule has 0 spiro atoms. The molecule has 7 nitrogen and oxygen atoms in total. The van der Waals surface area contributed by atoms with Crippen LogP contribution in [0.3, 0.4) is 0 Å². The molecular weight excluding hydrogens is 463 g/mol. The van der Waals surface area contributed by atoms with Gasteiger partial charge in [-0.3, -0.25) is 0 Å². The molecule has 3 aromatic rings. The number of anilines is 1. The van der Waals surface area contributed by atoms with E-state index in [1.54, 1.807) is 6.26 Å². The molecule has 0 amide bonds. The van der Waals surface area contributed by atoms with Gasteiger partial charge in [0.05, 0.1) is 18.6 Å². The molecule has 2 heterocycles. The lowest BCUT2D eigenvalue weighted by Crippen LogP contribution is -2.21. The zero-order valence-corrected chi connectivity index (χ0v) is 19.1. The van der Waals surface area contributed by atoms with Gasteiger partial charge in [-0.25, -0.2) is 9.78 Å². The molecule has 1 aliphatic rings. The number of aryl methyl sites for hydroxylation is 2. The molecule has 4 rings (SSSR count). The maximum atomic E-state index is 10.6. The van der Waals surface area contributed by atoms with E-state index in [0.29, 0.717) is 11.8 Å². The van der Waals surface area contributed by atoms with Crippen LogP contribution in [0.25, 0.3) is 11.3 Å². The number of furan rings is 1. The molecule has 10 heteroatoms. The summed E-state index contributed by atoms with van der Waals surface area (Å²) in [5.41, 5.74) is 9.14. The highest BCUT2D eigenvalue weighted by Crippen LogP contribution is 2.25. The number of nitrogen functional groups attached to an aromatic ring is 1. The van der Waals surface area contributed by atoms with Crippen LogP contribution >= 0.6 is 0 Å². The molecule has 35 heavy (non-hydrogen) atoms. The first kappa shape index (κ1) is 26.1. The van der Waals surface area contributed by atoms with Gasteiger partial charge in [-0.15, -0.1) is 0 Å². The molecule has 1 fully saturated rings. The fourth-order valence-electron chi connectivity index (χ4n) is 3.85. The van der Waals surface area contributed by atoms with Gasteiger partial charge in [0.25, 0.3) is 0 Å². The summed E-state index contributed by atoms with van der Waals surface area (Å²) >= 11 is 0. The average Bonchev–Trinajstić information content (AvgIpc) is 3.37. The van der Waals surface area contributed by atoms with E-state index in [-0.39, 0.29) is 5.95 Å². The molecule has 1 saturated carbocycles. The lowest BCUT2D eigenvalue weighted by Gasteiger charge is -2.21. The highest BCUT2D eigenvalue weighted by Gasteiger charge is 2.38. The fourth-order valence-corrected chi connectivity index (χ4v) is 3.85. The highest BCUT2D eigenvalue weighted by molar-refractivity contribution is 5.73. The van der Waals surface area contributed by atoms with Gasteiger partial charge < -0.3 is 20.0 Å². The van der Waals surface area contributed by atoms with E-state index in [1.165, 1.54) is 37.7 Å². The zero-order valence-electron chi connectivity index (χ0n) is 19.1. The van der Waals surface area contributed by atoms with Gasteiger partial charge in [0.15, 0.2) is 0 Å². The van der Waals surface area contributed by atoms with Crippen LogP contribution in [0, 0.1) is 5.92 Å². The van der Waals surface area contributed by atoms with Gasteiger partial charge >= 0.3 is 12.1 Å². The summed E-state index contributed by atoms with van der Waals surface area (Å²) < 4.78 is 43.2. The monoisotopic (exact) mass is 491 g/mol. The number of nitrogens with zero attached hydrogens (tertiary/aromatic N) is 2. The SMILES string of the molecule is Nc1nc(CCc2cccc(-c3ccco3)c2)cc(OCC2CCCCC2)n1.O=C(O)C(F)(F)F. The quantitative estimate of drug-likeness (QED) is 0.436. The van der Waals surface area contributed by atoms with Gasteiger partial charge in [-0.2, -0.15) is 18.2 Å². The number of hydrogen-bond donors (Lipinski definition) is 2. The molecule has 0 atom stereocenters. The van der Waals surface area contributed by atoms with E-state index in [1.807, 2.05) is 18.2 Å². The van der Waals surface area contributed by atoms with E-state index in [0.717, 1.165) is 36.5 Å². The molecule has 2 aromatic heterocycles. The van der Waals surface area contributed by atoms with Crippen molar-refractivity contribution in [3.8, 4) is 17.2 Å². The summed E-state index contributed by atoms with van der Waals surface area (Å²) in [6.07, 6.45) is 4.73. The Labute approximate surface area is 201 Å². The minimum atomic E-state index is -5.08. The van der Waals surface area contributed by atoms with Crippen molar-refractivity contribution < 1.29 is 32.2 Å². The van der Waals surface area contributed by atoms with Crippen molar-refractivity contribution in [1.29, 1.82) is 0 Å². The van der Waals surface area contributed by atoms with Crippen LogP contribution in [0.4, 0.5) is 19.1 Å². The van der Waals surface area contributed by atoms with E-state index in [4.69, 9.17) is 24.8 Å². The molecule has 0 saturated heterocycles. The topological polar surface area (TPSA) is 111 Å². The normalized spacial score (nSPS) is 14.1. The number of ether oxygens (including phenoxy) is 1. The van der Waals surface area contributed by atoms with Crippen LogP contribution in [-0.4, -0.2) is 33.8 Å². The van der Waals surface area contributed by atoms with Crippen molar-refractivity contribution in [1.82, 2.24) is 9.97 Å². The van der Waals surface area contributed by atoms with E-state index >= 15 is 0 Å². The number of aliphatic carboxylic acids is 1. The minimum Gasteiger partial charge on any atom is -0.477 e. The average molecular weight is 492 g/mol. The Hall–Kier alpha value is -3.56. The number of alkyl halides is 3. The number of carbonyl (C=O) groups is 1. The molecule has 188 valence electrons. The number of halogens is 3. The first-order valence-electron chi connectivity index (χ1n) is 11.4. The third-order valence-electron chi connectivity index (χ3n) is 5.61. The minimum absolute atomic E-state index is 0.278. The van der Waals surface area contributed by atoms with E-state index in [2.05, 4.69) is 34.2 Å². The second kappa shape index (κ2) is 12.2. The molecule has 0 aliphatic heterocycles. The van der Waals surface area contributed by atoms with Gasteiger partial charge in [-0.05, 0) is 55.4 Å². The van der Waals surface area contributed by atoms with Crippen molar-refractivity contribution in [3.63, 3.8) is 0 Å². The number of carboxylic acid groups (broad SMARTS) is 1. The first-order chi connectivity index (χ1) is 16.7. The molecule has 0 radical (unpaired) electrons. The maximum absolute atomic E-state index is 10.6. The molecule has 0 bridgehead atoms. The Morgan fingerprint density at radius 1 is 1.09 bits per heavy atom. The molecule has 0 unspecified atom stereocenters. The largest absolute Gasteiger partial charge is 0.490 e. The Bertz CT molecular complexity index is 1080. The molecule has 3 N–H and O–H groups in total. The van der Waals surface area contributed by atoms with Crippen LogP contribution in [-0.2, 0) is 17.6 Å². The van der Waals surface area contributed by atoms with E-state index < -0.39 is 12.1 Å². The molecule has 1 aliphatic carbocycles. The summed E-state index contributed by atoms with van der Waals surface area (Å²) in [7, 11) is 0. The van der Waals surface area contributed by atoms with Crippen molar-refractivity contribution in [2.45, 2.75) is 51.1 Å². The van der Waals surface area contributed by atoms with Crippen molar-refractivity contribution in [2.75, 3.05) is 12.3 Å². The summed E-state index contributed by atoms with van der Waals surface area (Å²) in [5, 5.41) is 7.12. The summed E-state index contributed by atoms with van der Waals surface area (Å²) in [6, 6.07) is 14.2. The lowest BCUT2D eigenvalue weighted by molar-refractivity contribution is -0.192. The zero-order chi connectivity index (χ0) is 25.3. The van der Waals surface area contributed by atoms with Crippen LogP contribution in [0.15, 0.2) is 53.1 Å². The van der Waals surface area contributed by atoms with Gasteiger partial charge in [-0.1, -0.05) is 37.5 Å². The predicted octanol–water partition coefficient (Wildman–Crippen LogP) is 5.70. The van der Waals surface area contributed by atoms with Crippen LogP contribution in [0.1, 0.15) is 43.4 Å². The third-order valence-corrected chi connectivity index (χ3v) is 5.61. The number of carboxylic acids is 1. The number of benzene rings is 1. The Morgan fingerprint density at radius 2 is 1.83 bits per heavy atom. The standard InChI is InChI=1S/C23H27N3O2.C2HF3O2/c24-23-25-20(15-22(26-23)28-16-18-6-2-1-3-7-18)12-11-17-8-4-9-19(14-17)21-10-5-13-27-21;3-2(4,5)1(6)7/h4-5,8-10,13-15,18H,1-3,6-7,11-12,16H2,(H2,24,25,26);(H,6,7). The van der Waals surface area contributed by atoms with Crippen LogP contribution in [0.5, 0.6) is 5.88 Å². The fraction of sp³-hybridized carbons (Fsp3) is 0.400. The lowest BCUT2D eigenvalue weighted by atomic mass is 9.90. The van der Waals surface area contributed by atoms with Crippen LogP contribution in [0.2, 0.25) is 0 Å². The van der Waals surface area contributed by atoms with Crippen molar-refractivity contribution >= 4 is 11.9 Å². The summed E-state index contributed by atoms with van der Waals surface area (Å²) in [6.45, 7) is 0.723. The number of nitrogens with two attached hydrogens (primary N) is 1. The van der Waals surface area contributed by atoms with E-state index in [9.17, 15) is 13.2 Å². The summed E-state index contributed by atoms with van der Waals surface area (Å²) in [4.78, 5) is 17.5. The highest BCUT2D eigenvalue weighted by atomic mass is 19.4. The Balaban J connectivity index is 0.000000429. The Morgan fingerprint density at radius 3 is 2.49 bits per heavy atom. The van der Waals surface area contributed by atoms with Gasteiger partial charge in [0.1, 0.15) is 5.76 Å². The second-order valence-corrected chi connectivity index (χ2v) is 8.35. The van der Waals surface area contributed by atoms with Crippen molar-refractivity contribution in [3.05, 3.63) is 60.0 Å². The molecular formula is C25H28F3N3O4.